The average molecular weight is 393 g/mol. The van der Waals surface area contributed by atoms with Gasteiger partial charge in [0.1, 0.15) is 0 Å². The highest BCUT2D eigenvalue weighted by atomic mass is 79.9. The second kappa shape index (κ2) is 6.56. The van der Waals surface area contributed by atoms with Crippen molar-refractivity contribution in [3.05, 3.63) is 58.0 Å². The molecule has 3 rings (SSSR count). The number of benzene rings is 2. The highest BCUT2D eigenvalue weighted by Gasteiger charge is 2.19. The lowest BCUT2D eigenvalue weighted by Crippen LogP contribution is -2.02. The molecule has 116 valence electrons. The van der Waals surface area contributed by atoms with Gasteiger partial charge in [0, 0.05) is 27.5 Å². The summed E-state index contributed by atoms with van der Waals surface area (Å²) in [5.41, 5.74) is 1.46. The lowest BCUT2D eigenvalue weighted by molar-refractivity contribution is -0.132. The third-order valence-electron chi connectivity index (χ3n) is 3.01. The van der Waals surface area contributed by atoms with E-state index >= 15 is 0 Å². The minimum absolute atomic E-state index is 0.123. The van der Waals surface area contributed by atoms with Crippen LogP contribution in [0.2, 0.25) is 5.02 Å². The molecule has 1 aromatic heterocycles. The Hall–Kier alpha value is -2.11. The van der Waals surface area contributed by atoms with Crippen molar-refractivity contribution in [1.29, 1.82) is 0 Å². The minimum Gasteiger partial charge on any atom is -0.432 e. The van der Waals surface area contributed by atoms with Gasteiger partial charge in [-0.2, -0.15) is 4.98 Å². The van der Waals surface area contributed by atoms with Gasteiger partial charge in [-0.25, -0.2) is 0 Å². The summed E-state index contributed by atoms with van der Waals surface area (Å²) in [6.07, 6.45) is 0. The molecule has 4 nitrogen and oxygen atoms in total. The highest BCUT2D eigenvalue weighted by molar-refractivity contribution is 9.10. The van der Waals surface area contributed by atoms with Crippen molar-refractivity contribution in [3.63, 3.8) is 0 Å². The fraction of sp³-hybridized carbons (Fsp3) is 0.0588. The van der Waals surface area contributed by atoms with Crippen molar-refractivity contribution in [2.75, 3.05) is 0 Å². The Morgan fingerprint density at radius 3 is 2.57 bits per heavy atom. The summed E-state index contributed by atoms with van der Waals surface area (Å²) in [6.45, 7) is 1.32. The predicted octanol–water partition coefficient (Wildman–Crippen LogP) is 5.35. The number of hydrogen-bond acceptors (Lipinski definition) is 4. The first-order chi connectivity index (χ1) is 11.0. The van der Waals surface area contributed by atoms with Gasteiger partial charge in [-0.15, -0.1) is 0 Å². The largest absolute Gasteiger partial charge is 0.432 e. The number of rotatable bonds is 3. The third kappa shape index (κ3) is 3.63. The van der Waals surface area contributed by atoms with Gasteiger partial charge in [0.05, 0.1) is 0 Å². The third-order valence-corrected chi connectivity index (χ3v) is 3.78. The molecule has 0 aliphatic rings. The number of oxazole rings is 1. The molecule has 2 aromatic carbocycles. The van der Waals surface area contributed by atoms with Crippen LogP contribution in [0.1, 0.15) is 6.92 Å². The molecule has 0 bridgehead atoms. The van der Waals surface area contributed by atoms with Crippen LogP contribution in [0.15, 0.2) is 57.4 Å². The van der Waals surface area contributed by atoms with Crippen LogP contribution in [0.4, 0.5) is 0 Å². The van der Waals surface area contributed by atoms with E-state index in [4.69, 9.17) is 20.8 Å². The SMILES string of the molecule is CC(=O)Oc1nc(-c2ccc(Br)cc2)oc1-c1cccc(Cl)c1. The lowest BCUT2D eigenvalue weighted by Gasteiger charge is -2.00. The van der Waals surface area contributed by atoms with Crippen LogP contribution in [0.25, 0.3) is 22.8 Å². The van der Waals surface area contributed by atoms with E-state index in [-0.39, 0.29) is 5.88 Å². The summed E-state index contributed by atoms with van der Waals surface area (Å²) >= 11 is 9.40. The average Bonchev–Trinajstić information content (AvgIpc) is 2.91. The smallest absolute Gasteiger partial charge is 0.309 e. The van der Waals surface area contributed by atoms with Crippen LogP contribution in [-0.2, 0) is 4.79 Å². The summed E-state index contributed by atoms with van der Waals surface area (Å²) in [5, 5.41) is 0.554. The quantitative estimate of drug-likeness (QED) is 0.564. The molecular weight excluding hydrogens is 382 g/mol. The predicted molar refractivity (Wildman–Crippen MR) is 91.4 cm³/mol. The Kier molecular flexibility index (Phi) is 4.50. The van der Waals surface area contributed by atoms with Crippen LogP contribution in [0.5, 0.6) is 5.88 Å². The van der Waals surface area contributed by atoms with E-state index in [1.807, 2.05) is 30.3 Å². The van der Waals surface area contributed by atoms with Crippen molar-refractivity contribution < 1.29 is 13.9 Å². The maximum absolute atomic E-state index is 11.3. The Morgan fingerprint density at radius 2 is 1.91 bits per heavy atom. The van der Waals surface area contributed by atoms with Gasteiger partial charge in [0.15, 0.2) is 5.76 Å². The summed E-state index contributed by atoms with van der Waals surface area (Å²) in [5.74, 6) is 0.381. The number of esters is 1. The van der Waals surface area contributed by atoms with E-state index in [1.54, 1.807) is 18.2 Å². The van der Waals surface area contributed by atoms with Crippen LogP contribution in [-0.4, -0.2) is 11.0 Å². The van der Waals surface area contributed by atoms with Crippen molar-refractivity contribution in [2.24, 2.45) is 0 Å². The maximum atomic E-state index is 11.3. The Labute approximate surface area is 146 Å². The van der Waals surface area contributed by atoms with Crippen LogP contribution in [0, 0.1) is 0 Å². The fourth-order valence-electron chi connectivity index (χ4n) is 2.04. The number of carbonyl (C=O) groups excluding carboxylic acids is 1. The molecule has 0 unspecified atom stereocenters. The van der Waals surface area contributed by atoms with E-state index in [0.717, 1.165) is 10.0 Å². The molecule has 3 aromatic rings. The standard InChI is InChI=1S/C17H11BrClNO3/c1-10(21)22-17-15(12-3-2-4-14(19)9-12)23-16(20-17)11-5-7-13(18)8-6-11/h2-9H,1H3. The zero-order valence-corrected chi connectivity index (χ0v) is 14.4. The van der Waals surface area contributed by atoms with Gasteiger partial charge < -0.3 is 9.15 Å². The normalized spacial score (nSPS) is 10.6. The van der Waals surface area contributed by atoms with Crippen molar-refractivity contribution in [1.82, 2.24) is 4.98 Å². The van der Waals surface area contributed by atoms with Gasteiger partial charge in [-0.3, -0.25) is 4.79 Å². The first-order valence-electron chi connectivity index (χ1n) is 6.74. The van der Waals surface area contributed by atoms with E-state index in [1.165, 1.54) is 6.92 Å². The van der Waals surface area contributed by atoms with Crippen molar-refractivity contribution in [2.45, 2.75) is 6.92 Å². The van der Waals surface area contributed by atoms with E-state index in [0.29, 0.717) is 22.2 Å². The molecule has 0 saturated carbocycles. The fourth-order valence-corrected chi connectivity index (χ4v) is 2.49. The number of hydrogen-bond donors (Lipinski definition) is 0. The number of halogens is 2. The van der Waals surface area contributed by atoms with E-state index < -0.39 is 5.97 Å². The zero-order chi connectivity index (χ0) is 16.4. The molecule has 0 spiro atoms. The van der Waals surface area contributed by atoms with E-state index in [2.05, 4.69) is 20.9 Å². The molecule has 0 N–H and O–H groups in total. The molecule has 23 heavy (non-hydrogen) atoms. The molecule has 0 aliphatic carbocycles. The van der Waals surface area contributed by atoms with Crippen molar-refractivity contribution >= 4 is 33.5 Å². The summed E-state index contributed by atoms with van der Waals surface area (Å²) in [6, 6.07) is 14.5. The van der Waals surface area contributed by atoms with Gasteiger partial charge in [-0.1, -0.05) is 39.7 Å². The molecule has 0 saturated heterocycles. The van der Waals surface area contributed by atoms with E-state index in [9.17, 15) is 4.79 Å². The second-order valence-electron chi connectivity index (χ2n) is 4.76. The number of ether oxygens (including phenoxy) is 1. The molecule has 0 atom stereocenters. The van der Waals surface area contributed by atoms with Crippen LogP contribution in [0.3, 0.4) is 0 Å². The summed E-state index contributed by atoms with van der Waals surface area (Å²) in [7, 11) is 0. The van der Waals surface area contributed by atoms with Gasteiger partial charge in [0.25, 0.3) is 5.88 Å². The molecule has 6 heteroatoms. The van der Waals surface area contributed by atoms with Crippen molar-refractivity contribution in [3.8, 4) is 28.7 Å². The Bertz CT molecular complexity index is 859. The summed E-state index contributed by atoms with van der Waals surface area (Å²) < 4.78 is 11.9. The van der Waals surface area contributed by atoms with Gasteiger partial charge in [0.2, 0.25) is 5.89 Å². The highest BCUT2D eigenvalue weighted by Crippen LogP contribution is 2.36. The Balaban J connectivity index is 2.10. The summed E-state index contributed by atoms with van der Waals surface area (Å²) in [4.78, 5) is 15.6. The number of aromatic nitrogens is 1. The Morgan fingerprint density at radius 1 is 1.17 bits per heavy atom. The maximum Gasteiger partial charge on any atom is 0.309 e. The lowest BCUT2D eigenvalue weighted by atomic mass is 10.2. The monoisotopic (exact) mass is 391 g/mol. The van der Waals surface area contributed by atoms with Gasteiger partial charge in [-0.05, 0) is 36.4 Å². The topological polar surface area (TPSA) is 52.3 Å². The molecule has 0 amide bonds. The van der Waals surface area contributed by atoms with Crippen LogP contribution >= 0.6 is 27.5 Å². The molecular formula is C17H11BrClNO3. The first-order valence-corrected chi connectivity index (χ1v) is 7.91. The zero-order valence-electron chi connectivity index (χ0n) is 12.0. The first kappa shape index (κ1) is 15.8. The minimum atomic E-state index is -0.469. The number of nitrogens with zero attached hydrogens (tertiary/aromatic N) is 1. The molecule has 0 fully saturated rings. The molecule has 0 radical (unpaired) electrons. The molecule has 1 heterocycles. The van der Waals surface area contributed by atoms with Gasteiger partial charge >= 0.3 is 5.97 Å². The molecule has 0 aliphatic heterocycles. The number of carbonyl (C=O) groups is 1. The van der Waals surface area contributed by atoms with Crippen LogP contribution < -0.4 is 4.74 Å². The second-order valence-corrected chi connectivity index (χ2v) is 6.12.